The van der Waals surface area contributed by atoms with E-state index in [-0.39, 0.29) is 0 Å². The van der Waals surface area contributed by atoms with Crippen LogP contribution in [0.2, 0.25) is 0 Å². The van der Waals surface area contributed by atoms with Crippen LogP contribution in [0.15, 0.2) is 18.2 Å². The van der Waals surface area contributed by atoms with Gasteiger partial charge >= 0.3 is 0 Å². The van der Waals surface area contributed by atoms with E-state index < -0.39 is 0 Å². The highest BCUT2D eigenvalue weighted by Gasteiger charge is 2.24. The maximum atomic E-state index is 6.00. The number of rotatable bonds is 3. The molecule has 1 N–H and O–H groups in total. The van der Waals surface area contributed by atoms with Crippen molar-refractivity contribution in [1.82, 2.24) is 5.32 Å². The minimum atomic E-state index is 0.388. The molecule has 1 saturated carbocycles. The lowest BCUT2D eigenvalue weighted by molar-refractivity contribution is 0.206. The highest BCUT2D eigenvalue weighted by Crippen LogP contribution is 2.25. The maximum absolute atomic E-state index is 6.00. The lowest BCUT2D eigenvalue weighted by atomic mass is 10.1. The van der Waals surface area contributed by atoms with Crippen LogP contribution >= 0.6 is 0 Å². The lowest BCUT2D eigenvalue weighted by Gasteiger charge is -2.15. The molecular weight excluding hydrogens is 198 g/mol. The predicted octanol–water partition coefficient (Wildman–Crippen LogP) is 2.82. The summed E-state index contributed by atoms with van der Waals surface area (Å²) in [5.41, 5.74) is 2.63. The van der Waals surface area contributed by atoms with Gasteiger partial charge in [-0.2, -0.15) is 0 Å². The minimum Gasteiger partial charge on any atom is -0.490 e. The van der Waals surface area contributed by atoms with Gasteiger partial charge in [0.15, 0.2) is 0 Å². The Morgan fingerprint density at radius 3 is 2.62 bits per heavy atom. The Labute approximate surface area is 98.0 Å². The third-order valence-electron chi connectivity index (χ3n) is 3.57. The van der Waals surface area contributed by atoms with Gasteiger partial charge in [0, 0.05) is 6.04 Å². The van der Waals surface area contributed by atoms with Crippen LogP contribution in [-0.4, -0.2) is 19.2 Å². The molecule has 2 heteroatoms. The molecule has 0 spiro atoms. The zero-order chi connectivity index (χ0) is 11.5. The monoisotopic (exact) mass is 219 g/mol. The zero-order valence-corrected chi connectivity index (χ0v) is 10.4. The normalized spacial score (nSPS) is 24.7. The summed E-state index contributed by atoms with van der Waals surface area (Å²) in [6.07, 6.45) is 3.91. The SMILES string of the molecule is CNC1CCC(Oc2ccc(C)c(C)c2)C1. The van der Waals surface area contributed by atoms with Crippen LogP contribution in [0.1, 0.15) is 30.4 Å². The van der Waals surface area contributed by atoms with E-state index in [1.807, 2.05) is 7.05 Å². The molecule has 0 aliphatic heterocycles. The van der Waals surface area contributed by atoms with Crippen molar-refractivity contribution in [3.8, 4) is 5.75 Å². The van der Waals surface area contributed by atoms with E-state index in [9.17, 15) is 0 Å². The van der Waals surface area contributed by atoms with Gasteiger partial charge in [-0.05, 0) is 63.4 Å². The number of ether oxygens (including phenoxy) is 1. The Morgan fingerprint density at radius 2 is 2.00 bits per heavy atom. The van der Waals surface area contributed by atoms with E-state index in [0.29, 0.717) is 12.1 Å². The van der Waals surface area contributed by atoms with Gasteiger partial charge in [-0.1, -0.05) is 6.07 Å². The van der Waals surface area contributed by atoms with Gasteiger partial charge in [0.1, 0.15) is 11.9 Å². The third-order valence-corrected chi connectivity index (χ3v) is 3.57. The Morgan fingerprint density at radius 1 is 1.19 bits per heavy atom. The largest absolute Gasteiger partial charge is 0.490 e. The Kier molecular flexibility index (Phi) is 3.49. The van der Waals surface area contributed by atoms with Crippen molar-refractivity contribution in [2.45, 2.75) is 45.3 Å². The van der Waals surface area contributed by atoms with Crippen LogP contribution in [0.3, 0.4) is 0 Å². The molecular formula is C14H21NO. The van der Waals surface area contributed by atoms with Crippen LogP contribution < -0.4 is 10.1 Å². The molecule has 0 amide bonds. The topological polar surface area (TPSA) is 21.3 Å². The van der Waals surface area contributed by atoms with Crippen LogP contribution in [0.4, 0.5) is 0 Å². The molecule has 2 nitrogen and oxygen atoms in total. The molecule has 1 aromatic rings. The van der Waals surface area contributed by atoms with E-state index in [2.05, 4.69) is 37.4 Å². The molecule has 2 atom stereocenters. The fraction of sp³-hybridized carbons (Fsp3) is 0.571. The van der Waals surface area contributed by atoms with E-state index >= 15 is 0 Å². The van der Waals surface area contributed by atoms with E-state index in [1.165, 1.54) is 24.0 Å². The van der Waals surface area contributed by atoms with Crippen molar-refractivity contribution in [2.75, 3.05) is 7.05 Å². The first-order valence-electron chi connectivity index (χ1n) is 6.10. The molecule has 1 aromatic carbocycles. The summed E-state index contributed by atoms with van der Waals surface area (Å²) in [6, 6.07) is 6.99. The highest BCUT2D eigenvalue weighted by atomic mass is 16.5. The van der Waals surface area contributed by atoms with Crippen molar-refractivity contribution in [3.05, 3.63) is 29.3 Å². The van der Waals surface area contributed by atoms with Gasteiger partial charge in [0.25, 0.3) is 0 Å². The van der Waals surface area contributed by atoms with Gasteiger partial charge < -0.3 is 10.1 Å². The average molecular weight is 219 g/mol. The number of benzene rings is 1. The first kappa shape index (κ1) is 11.5. The van der Waals surface area contributed by atoms with E-state index in [1.54, 1.807) is 0 Å². The van der Waals surface area contributed by atoms with Crippen molar-refractivity contribution < 1.29 is 4.74 Å². The molecule has 0 saturated heterocycles. The van der Waals surface area contributed by atoms with Gasteiger partial charge in [-0.3, -0.25) is 0 Å². The molecule has 1 aliphatic rings. The third kappa shape index (κ3) is 2.56. The maximum Gasteiger partial charge on any atom is 0.119 e. The molecule has 2 unspecified atom stereocenters. The summed E-state index contributed by atoms with van der Waals surface area (Å²) < 4.78 is 6.00. The predicted molar refractivity (Wildman–Crippen MR) is 67.0 cm³/mol. The number of aryl methyl sites for hydroxylation is 2. The minimum absolute atomic E-state index is 0.388. The first-order chi connectivity index (χ1) is 7.69. The highest BCUT2D eigenvalue weighted by molar-refractivity contribution is 5.33. The fourth-order valence-electron chi connectivity index (χ4n) is 2.29. The smallest absolute Gasteiger partial charge is 0.119 e. The molecule has 0 aromatic heterocycles. The van der Waals surface area contributed by atoms with Crippen molar-refractivity contribution in [2.24, 2.45) is 0 Å². The van der Waals surface area contributed by atoms with Gasteiger partial charge in [0.05, 0.1) is 0 Å². The van der Waals surface area contributed by atoms with Crippen LogP contribution in [0.5, 0.6) is 5.75 Å². The number of nitrogens with one attached hydrogen (secondary N) is 1. The van der Waals surface area contributed by atoms with Crippen LogP contribution in [0, 0.1) is 13.8 Å². The summed E-state index contributed by atoms with van der Waals surface area (Å²) in [5.74, 6) is 1.02. The summed E-state index contributed by atoms with van der Waals surface area (Å²) in [4.78, 5) is 0. The lowest BCUT2D eigenvalue weighted by Crippen LogP contribution is -2.23. The molecule has 88 valence electrons. The summed E-state index contributed by atoms with van der Waals surface area (Å²) in [5, 5.41) is 3.32. The van der Waals surface area contributed by atoms with Gasteiger partial charge in [0.2, 0.25) is 0 Å². The first-order valence-corrected chi connectivity index (χ1v) is 6.10. The molecule has 0 bridgehead atoms. The van der Waals surface area contributed by atoms with E-state index in [0.717, 1.165) is 12.2 Å². The molecule has 1 aliphatic carbocycles. The summed E-state index contributed by atoms with van der Waals surface area (Å²) in [6.45, 7) is 4.26. The van der Waals surface area contributed by atoms with E-state index in [4.69, 9.17) is 4.74 Å². The quantitative estimate of drug-likeness (QED) is 0.844. The molecule has 0 heterocycles. The Bertz CT molecular complexity index is 362. The van der Waals surface area contributed by atoms with Gasteiger partial charge in [-0.25, -0.2) is 0 Å². The number of hydrogen-bond donors (Lipinski definition) is 1. The molecule has 0 radical (unpaired) electrons. The Balaban J connectivity index is 1.97. The second-order valence-electron chi connectivity index (χ2n) is 4.78. The summed E-state index contributed by atoms with van der Waals surface area (Å²) >= 11 is 0. The average Bonchev–Trinajstić information content (AvgIpc) is 2.71. The Hall–Kier alpha value is -1.02. The van der Waals surface area contributed by atoms with Crippen LogP contribution in [0.25, 0.3) is 0 Å². The molecule has 1 fully saturated rings. The molecule has 2 rings (SSSR count). The fourth-order valence-corrected chi connectivity index (χ4v) is 2.29. The van der Waals surface area contributed by atoms with Crippen molar-refractivity contribution in [1.29, 1.82) is 0 Å². The second kappa shape index (κ2) is 4.88. The van der Waals surface area contributed by atoms with Crippen molar-refractivity contribution >= 4 is 0 Å². The zero-order valence-electron chi connectivity index (χ0n) is 10.4. The summed E-state index contributed by atoms with van der Waals surface area (Å²) in [7, 11) is 2.03. The standard InChI is InChI=1S/C14H21NO/c1-10-4-6-13(8-11(10)2)16-14-7-5-12(9-14)15-3/h4,6,8,12,14-15H,5,7,9H2,1-3H3. The van der Waals surface area contributed by atoms with Gasteiger partial charge in [-0.15, -0.1) is 0 Å². The number of hydrogen-bond acceptors (Lipinski definition) is 2. The molecule has 16 heavy (non-hydrogen) atoms. The van der Waals surface area contributed by atoms with Crippen LogP contribution in [-0.2, 0) is 0 Å². The van der Waals surface area contributed by atoms with Crippen molar-refractivity contribution in [3.63, 3.8) is 0 Å². The second-order valence-corrected chi connectivity index (χ2v) is 4.78.